The van der Waals surface area contributed by atoms with Crippen molar-refractivity contribution in [1.29, 1.82) is 0 Å². The number of phenols is 2. The summed E-state index contributed by atoms with van der Waals surface area (Å²) in [5.41, 5.74) is 5.22. The van der Waals surface area contributed by atoms with Gasteiger partial charge in [-0.1, -0.05) is 74.1 Å². The van der Waals surface area contributed by atoms with Crippen LogP contribution < -0.4 is 0 Å². The van der Waals surface area contributed by atoms with E-state index in [1.54, 1.807) is 24.6 Å². The third kappa shape index (κ3) is 4.97. The van der Waals surface area contributed by atoms with Gasteiger partial charge in [0.1, 0.15) is 11.5 Å². The molecule has 3 aromatic carbocycles. The van der Waals surface area contributed by atoms with Gasteiger partial charge in [0, 0.05) is 39.2 Å². The molecule has 36 heavy (non-hydrogen) atoms. The summed E-state index contributed by atoms with van der Waals surface area (Å²) in [6, 6.07) is 8.27. The summed E-state index contributed by atoms with van der Waals surface area (Å²) in [5.74, 6) is -0.169. The second-order valence-electron chi connectivity index (χ2n) is 10.4. The van der Waals surface area contributed by atoms with Crippen molar-refractivity contribution in [2.24, 2.45) is 9.98 Å². The molecule has 4 nitrogen and oxygen atoms in total. The van der Waals surface area contributed by atoms with Gasteiger partial charge in [-0.15, -0.1) is 0 Å². The van der Waals surface area contributed by atoms with Gasteiger partial charge in [0.25, 0.3) is 0 Å². The van der Waals surface area contributed by atoms with Crippen molar-refractivity contribution in [1.82, 2.24) is 0 Å². The summed E-state index contributed by atoms with van der Waals surface area (Å²) in [6.45, 7) is 10.8. The first-order chi connectivity index (χ1) is 16.7. The average molecular weight is 564 g/mol. The number of fused-ring (bicyclic) bond motifs is 1. The Hall–Kier alpha value is -2.24. The summed E-state index contributed by atoms with van der Waals surface area (Å²) in [4.78, 5) is 9.55. The van der Waals surface area contributed by atoms with Crippen LogP contribution in [0.3, 0.4) is 0 Å². The first-order valence-electron chi connectivity index (χ1n) is 11.3. The second kappa shape index (κ2) is 9.57. The number of phenolic OH excluding ortho intramolecular Hbond substituents is 2. The number of hydrogen-bond acceptors (Lipinski definition) is 4. The van der Waals surface area contributed by atoms with Gasteiger partial charge in [0.05, 0.1) is 21.4 Å². The van der Waals surface area contributed by atoms with Gasteiger partial charge >= 0.3 is 0 Å². The summed E-state index contributed by atoms with van der Waals surface area (Å²) in [5, 5.41) is 21.9. The Morgan fingerprint density at radius 1 is 0.750 bits per heavy atom. The predicted octanol–water partition coefficient (Wildman–Crippen LogP) is 9.48. The van der Waals surface area contributed by atoms with Crippen molar-refractivity contribution in [2.45, 2.75) is 51.9 Å². The molecule has 0 saturated heterocycles. The molecule has 2 N–H and O–H groups in total. The number of hydrogen-bond donors (Lipinski definition) is 2. The molecule has 0 amide bonds. The Bertz CT molecular complexity index is 1440. The lowest BCUT2D eigenvalue weighted by molar-refractivity contribution is 0.403. The Morgan fingerprint density at radius 3 is 1.78 bits per heavy atom. The largest absolute Gasteiger partial charge is 0.506 e. The lowest BCUT2D eigenvalue weighted by atomic mass is 9.81. The first kappa shape index (κ1) is 26.8. The number of benzene rings is 3. The molecule has 1 aliphatic rings. The minimum absolute atomic E-state index is 0.0822. The van der Waals surface area contributed by atoms with Crippen LogP contribution in [0, 0.1) is 6.92 Å². The molecule has 0 unspecified atom stereocenters. The highest BCUT2D eigenvalue weighted by molar-refractivity contribution is 6.36. The molecule has 0 heterocycles. The second-order valence-corrected chi connectivity index (χ2v) is 12.1. The van der Waals surface area contributed by atoms with Crippen LogP contribution in [-0.2, 0) is 10.8 Å². The Labute approximate surface area is 231 Å². The molecule has 0 fully saturated rings. The third-order valence-electron chi connectivity index (χ3n) is 6.61. The van der Waals surface area contributed by atoms with Gasteiger partial charge in [0.2, 0.25) is 0 Å². The normalized spacial score (nSPS) is 16.2. The van der Waals surface area contributed by atoms with Crippen molar-refractivity contribution >= 4 is 70.2 Å². The summed E-state index contributed by atoms with van der Waals surface area (Å²) >= 11 is 24.5. The number of aliphatic imine (C=N–C) groups is 2. The summed E-state index contributed by atoms with van der Waals surface area (Å²) in [6.07, 6.45) is 4.06. The topological polar surface area (TPSA) is 65.2 Å². The van der Waals surface area contributed by atoms with Crippen molar-refractivity contribution in [3.63, 3.8) is 0 Å². The van der Waals surface area contributed by atoms with Crippen molar-refractivity contribution < 1.29 is 10.2 Å². The van der Waals surface area contributed by atoms with Gasteiger partial charge in [-0.2, -0.15) is 0 Å². The van der Waals surface area contributed by atoms with E-state index in [2.05, 4.69) is 33.8 Å². The minimum Gasteiger partial charge on any atom is -0.506 e. The van der Waals surface area contributed by atoms with Crippen LogP contribution in [0.5, 0.6) is 11.5 Å². The minimum atomic E-state index is -0.134. The zero-order chi connectivity index (χ0) is 26.6. The fraction of sp³-hybridized carbons (Fsp3) is 0.286. The highest BCUT2D eigenvalue weighted by Gasteiger charge is 2.44. The molecule has 0 atom stereocenters. The Morgan fingerprint density at radius 2 is 1.25 bits per heavy atom. The molecule has 1 aliphatic carbocycles. The van der Waals surface area contributed by atoms with Crippen LogP contribution in [0.2, 0.25) is 20.1 Å². The molecular formula is C28H26Cl4N2O2. The monoisotopic (exact) mass is 562 g/mol. The van der Waals surface area contributed by atoms with Gasteiger partial charge in [-0.05, 0) is 65.6 Å². The maximum absolute atomic E-state index is 10.4. The summed E-state index contributed by atoms with van der Waals surface area (Å²) < 4.78 is 0. The fourth-order valence-corrected chi connectivity index (χ4v) is 6.22. The number of halogens is 4. The maximum atomic E-state index is 10.4. The van der Waals surface area contributed by atoms with Crippen LogP contribution >= 0.6 is 46.4 Å². The highest BCUT2D eigenvalue weighted by atomic mass is 35.5. The highest BCUT2D eigenvalue weighted by Crippen LogP contribution is 2.55. The molecule has 188 valence electrons. The Balaban J connectivity index is 1.92. The van der Waals surface area contributed by atoms with E-state index in [0.717, 1.165) is 28.8 Å². The summed E-state index contributed by atoms with van der Waals surface area (Å²) in [7, 11) is 0. The number of rotatable bonds is 4. The molecule has 0 saturated carbocycles. The number of aromatic hydroxyl groups is 2. The van der Waals surface area contributed by atoms with Crippen LogP contribution in [0.1, 0.15) is 61.9 Å². The van der Waals surface area contributed by atoms with Gasteiger partial charge in [-0.3, -0.25) is 9.98 Å². The van der Waals surface area contributed by atoms with Crippen molar-refractivity contribution in [3.8, 4) is 11.5 Å². The van der Waals surface area contributed by atoms with E-state index in [9.17, 15) is 10.2 Å². The van der Waals surface area contributed by atoms with Crippen molar-refractivity contribution in [3.05, 3.63) is 78.2 Å². The number of nitrogens with zero attached hydrogens (tertiary/aromatic N) is 2. The van der Waals surface area contributed by atoms with E-state index in [1.165, 1.54) is 12.1 Å². The van der Waals surface area contributed by atoms with Gasteiger partial charge < -0.3 is 10.2 Å². The van der Waals surface area contributed by atoms with E-state index in [0.29, 0.717) is 26.9 Å². The van der Waals surface area contributed by atoms with Crippen LogP contribution in [0.4, 0.5) is 11.4 Å². The van der Waals surface area contributed by atoms with E-state index < -0.39 is 0 Å². The molecule has 8 heteroatoms. The quantitative estimate of drug-likeness (QED) is 0.310. The van der Waals surface area contributed by atoms with E-state index >= 15 is 0 Å². The zero-order valence-electron chi connectivity index (χ0n) is 20.5. The average Bonchev–Trinajstić information content (AvgIpc) is 2.95. The molecular weight excluding hydrogens is 538 g/mol. The van der Waals surface area contributed by atoms with E-state index in [-0.39, 0.29) is 32.4 Å². The molecule has 3 aromatic rings. The fourth-order valence-electron chi connectivity index (χ4n) is 5.20. The maximum Gasteiger partial charge on any atom is 0.143 e. The predicted molar refractivity (Wildman–Crippen MR) is 153 cm³/mol. The lowest BCUT2D eigenvalue weighted by Crippen LogP contribution is -2.18. The molecule has 0 radical (unpaired) electrons. The van der Waals surface area contributed by atoms with Crippen LogP contribution in [0.15, 0.2) is 40.3 Å². The third-order valence-corrected chi connectivity index (χ3v) is 7.62. The van der Waals surface area contributed by atoms with Crippen LogP contribution in [-0.4, -0.2) is 22.6 Å². The van der Waals surface area contributed by atoms with E-state index in [1.807, 2.05) is 6.92 Å². The standard InChI is InChI=1S/C28H26Cl4N2O2/c1-14-22(33-11-15-6-17(29)8-20(31)25(15)35)10-19-23(28(4,5)13-27(19,2)3)24(14)34-12-16-7-18(30)9-21(32)26(16)36/h6-12,35-36H,13H2,1-5H3. The van der Waals surface area contributed by atoms with Crippen LogP contribution in [0.25, 0.3) is 0 Å². The SMILES string of the molecule is Cc1c(N=Cc2cc(Cl)cc(Cl)c2O)cc2c(c1N=Cc1cc(Cl)cc(Cl)c1O)C(C)(C)CC2(C)C. The molecule has 0 spiro atoms. The van der Waals surface area contributed by atoms with Gasteiger partial charge in [0.15, 0.2) is 0 Å². The first-order valence-corrected chi connectivity index (χ1v) is 12.8. The van der Waals surface area contributed by atoms with Crippen molar-refractivity contribution in [2.75, 3.05) is 0 Å². The van der Waals surface area contributed by atoms with E-state index in [4.69, 9.17) is 56.4 Å². The molecule has 4 rings (SSSR count). The lowest BCUT2D eigenvalue weighted by Gasteiger charge is -2.23. The smallest absolute Gasteiger partial charge is 0.143 e. The zero-order valence-corrected chi connectivity index (χ0v) is 23.6. The Kier molecular flexibility index (Phi) is 7.13. The van der Waals surface area contributed by atoms with Gasteiger partial charge in [-0.25, -0.2) is 0 Å². The molecule has 0 bridgehead atoms. The molecule has 0 aliphatic heterocycles. The molecule has 0 aromatic heterocycles.